The summed E-state index contributed by atoms with van der Waals surface area (Å²) in [5.41, 5.74) is 0. The van der Waals surface area contributed by atoms with E-state index in [1.807, 2.05) is 0 Å². The first-order valence-electron chi connectivity index (χ1n) is 2.52. The lowest BCUT2D eigenvalue weighted by molar-refractivity contribution is 1.17. The Labute approximate surface area is 59.4 Å². The van der Waals surface area contributed by atoms with E-state index in [-0.39, 0.29) is 0 Å². The molecule has 1 N–H and O–H groups in total. The highest BCUT2D eigenvalue weighted by Gasteiger charge is 2.02. The summed E-state index contributed by atoms with van der Waals surface area (Å²) in [4.78, 5) is 6.84. The quantitative estimate of drug-likeness (QED) is 0.596. The van der Waals surface area contributed by atoms with Crippen molar-refractivity contribution >= 4 is 12.6 Å². The zero-order chi connectivity index (χ0) is 6.69. The molecule has 0 aliphatic rings. The number of imidazole rings is 1. The highest BCUT2D eigenvalue weighted by atomic mass is 32.1. The first kappa shape index (κ1) is 6.42. The van der Waals surface area contributed by atoms with E-state index in [0.29, 0.717) is 0 Å². The number of H-pyrrole nitrogens is 1. The Morgan fingerprint density at radius 1 is 1.89 bits per heavy atom. The van der Waals surface area contributed by atoms with Gasteiger partial charge in [-0.05, 0) is 0 Å². The predicted octanol–water partition coefficient (Wildman–Crippen LogP) is 1.41. The van der Waals surface area contributed by atoms with Crippen LogP contribution in [0.25, 0.3) is 0 Å². The first-order chi connectivity index (χ1) is 4.34. The monoisotopic (exact) mass is 139 g/mol. The Kier molecular flexibility index (Phi) is 1.95. The van der Waals surface area contributed by atoms with Gasteiger partial charge in [0.1, 0.15) is 11.1 Å². The molecular formula is C6H7N2S. The van der Waals surface area contributed by atoms with Gasteiger partial charge < -0.3 is 4.98 Å². The number of nitrogens with zero attached hydrogens (tertiary/aromatic N) is 1. The van der Waals surface area contributed by atoms with Gasteiger partial charge in [-0.3, -0.25) is 0 Å². The van der Waals surface area contributed by atoms with Gasteiger partial charge in [-0.25, -0.2) is 4.98 Å². The molecule has 1 heterocycles. The SMILES string of the molecule is C=C[C](S)c1ncc[nH]1. The number of hydrogen-bond acceptors (Lipinski definition) is 2. The first-order valence-corrected chi connectivity index (χ1v) is 2.97. The van der Waals surface area contributed by atoms with E-state index in [4.69, 9.17) is 0 Å². The van der Waals surface area contributed by atoms with Gasteiger partial charge in [-0.15, -0.1) is 6.58 Å². The number of aromatic nitrogens is 2. The normalized spacial score (nSPS) is 10.0. The summed E-state index contributed by atoms with van der Waals surface area (Å²) in [5, 5.41) is 0.764. The van der Waals surface area contributed by atoms with E-state index in [1.165, 1.54) is 0 Å². The molecule has 1 radical (unpaired) electrons. The van der Waals surface area contributed by atoms with Crippen LogP contribution in [0, 0.1) is 5.25 Å². The van der Waals surface area contributed by atoms with E-state index in [2.05, 4.69) is 29.2 Å². The summed E-state index contributed by atoms with van der Waals surface area (Å²) >= 11 is 4.09. The van der Waals surface area contributed by atoms with Crippen LogP contribution in [-0.2, 0) is 0 Å². The average Bonchev–Trinajstić information content (AvgIpc) is 2.37. The minimum Gasteiger partial charge on any atom is -0.347 e. The van der Waals surface area contributed by atoms with Gasteiger partial charge in [0, 0.05) is 12.4 Å². The lowest BCUT2D eigenvalue weighted by Crippen LogP contribution is -1.87. The second-order valence-corrected chi connectivity index (χ2v) is 2.01. The minimum absolute atomic E-state index is 0.758. The van der Waals surface area contributed by atoms with Crippen LogP contribution >= 0.6 is 12.6 Å². The maximum absolute atomic E-state index is 4.09. The summed E-state index contributed by atoms with van der Waals surface area (Å²) in [5.74, 6) is 0.758. The Hall–Kier alpha value is -0.700. The highest BCUT2D eigenvalue weighted by Crippen LogP contribution is 2.13. The molecule has 2 nitrogen and oxygen atoms in total. The predicted molar refractivity (Wildman–Crippen MR) is 40.1 cm³/mol. The van der Waals surface area contributed by atoms with Crippen molar-refractivity contribution in [3.05, 3.63) is 36.1 Å². The molecule has 0 aliphatic heterocycles. The van der Waals surface area contributed by atoms with E-state index >= 15 is 0 Å². The molecule has 1 aromatic heterocycles. The molecule has 3 heteroatoms. The molecule has 0 fully saturated rings. The van der Waals surface area contributed by atoms with Gasteiger partial charge >= 0.3 is 0 Å². The van der Waals surface area contributed by atoms with Crippen LogP contribution in [0.1, 0.15) is 5.82 Å². The molecule has 0 atom stereocenters. The number of rotatable bonds is 2. The van der Waals surface area contributed by atoms with Gasteiger partial charge in [0.2, 0.25) is 0 Å². The number of hydrogen-bond donors (Lipinski definition) is 2. The molecule has 1 rings (SSSR count). The third-order valence-electron chi connectivity index (χ3n) is 0.934. The van der Waals surface area contributed by atoms with Crippen LogP contribution in [0.3, 0.4) is 0 Å². The molecule has 0 amide bonds. The summed E-state index contributed by atoms with van der Waals surface area (Å²) in [7, 11) is 0. The molecule has 0 aliphatic carbocycles. The molecule has 47 valence electrons. The van der Waals surface area contributed by atoms with Crippen molar-refractivity contribution in [1.82, 2.24) is 9.97 Å². The molecule has 0 aromatic carbocycles. The smallest absolute Gasteiger partial charge is 0.128 e. The number of nitrogens with one attached hydrogen (secondary N) is 1. The van der Waals surface area contributed by atoms with E-state index < -0.39 is 0 Å². The van der Waals surface area contributed by atoms with Crippen LogP contribution in [0.2, 0.25) is 0 Å². The fourth-order valence-electron chi connectivity index (χ4n) is 0.502. The maximum Gasteiger partial charge on any atom is 0.128 e. The third-order valence-corrected chi connectivity index (χ3v) is 1.33. The molecule has 0 spiro atoms. The largest absolute Gasteiger partial charge is 0.347 e. The van der Waals surface area contributed by atoms with Crippen LogP contribution in [0.5, 0.6) is 0 Å². The molecule has 0 saturated carbocycles. The third kappa shape index (κ3) is 1.36. The van der Waals surface area contributed by atoms with Crippen LogP contribution < -0.4 is 0 Å². The molecule has 0 bridgehead atoms. The standard InChI is InChI=1S/C6H7N2S/c1-2-5(9)6-7-3-4-8-6/h2-4,9H,1H2,(H,7,8). The Morgan fingerprint density at radius 2 is 2.67 bits per heavy atom. The fourth-order valence-corrected chi connectivity index (χ4v) is 0.624. The molecule has 0 unspecified atom stereocenters. The molecule has 1 aromatic rings. The van der Waals surface area contributed by atoms with Crippen molar-refractivity contribution in [3.8, 4) is 0 Å². The average molecular weight is 139 g/mol. The Balaban J connectivity index is 2.76. The topological polar surface area (TPSA) is 28.7 Å². The van der Waals surface area contributed by atoms with Crippen molar-refractivity contribution in [2.24, 2.45) is 0 Å². The Morgan fingerprint density at radius 3 is 3.11 bits per heavy atom. The van der Waals surface area contributed by atoms with Crippen molar-refractivity contribution in [2.45, 2.75) is 0 Å². The van der Waals surface area contributed by atoms with E-state index in [9.17, 15) is 0 Å². The summed E-state index contributed by atoms with van der Waals surface area (Å²) in [6.45, 7) is 3.54. The second kappa shape index (κ2) is 2.73. The van der Waals surface area contributed by atoms with Crippen molar-refractivity contribution in [1.29, 1.82) is 0 Å². The lowest BCUT2D eigenvalue weighted by atomic mass is 10.4. The van der Waals surface area contributed by atoms with Crippen molar-refractivity contribution in [3.63, 3.8) is 0 Å². The fraction of sp³-hybridized carbons (Fsp3) is 0. The van der Waals surface area contributed by atoms with Crippen LogP contribution in [0.4, 0.5) is 0 Å². The molecule has 0 saturated heterocycles. The number of aromatic amines is 1. The van der Waals surface area contributed by atoms with Crippen LogP contribution in [-0.4, -0.2) is 9.97 Å². The van der Waals surface area contributed by atoms with Gasteiger partial charge in [0.05, 0.1) is 0 Å². The second-order valence-electron chi connectivity index (χ2n) is 1.53. The van der Waals surface area contributed by atoms with Crippen LogP contribution in [0.15, 0.2) is 25.0 Å². The van der Waals surface area contributed by atoms with Gasteiger partial charge in [-0.2, -0.15) is 12.6 Å². The maximum atomic E-state index is 4.09. The number of thiol groups is 1. The zero-order valence-corrected chi connectivity index (χ0v) is 5.73. The van der Waals surface area contributed by atoms with Gasteiger partial charge in [0.15, 0.2) is 0 Å². The zero-order valence-electron chi connectivity index (χ0n) is 4.83. The van der Waals surface area contributed by atoms with Crippen molar-refractivity contribution < 1.29 is 0 Å². The lowest BCUT2D eigenvalue weighted by Gasteiger charge is -1.95. The molecule has 9 heavy (non-hydrogen) atoms. The summed E-state index contributed by atoms with van der Waals surface area (Å²) in [6.07, 6.45) is 5.06. The summed E-state index contributed by atoms with van der Waals surface area (Å²) < 4.78 is 0. The van der Waals surface area contributed by atoms with Gasteiger partial charge in [0.25, 0.3) is 0 Å². The van der Waals surface area contributed by atoms with E-state index in [0.717, 1.165) is 11.1 Å². The molecular weight excluding hydrogens is 132 g/mol. The Bertz CT molecular complexity index is 181. The summed E-state index contributed by atoms with van der Waals surface area (Å²) in [6, 6.07) is 0. The highest BCUT2D eigenvalue weighted by molar-refractivity contribution is 7.83. The van der Waals surface area contributed by atoms with Gasteiger partial charge in [-0.1, -0.05) is 6.08 Å². The van der Waals surface area contributed by atoms with Crippen molar-refractivity contribution in [2.75, 3.05) is 0 Å². The minimum atomic E-state index is 0.758. The van der Waals surface area contributed by atoms with E-state index in [1.54, 1.807) is 18.5 Å².